The maximum absolute atomic E-state index is 13.1. The van der Waals surface area contributed by atoms with Gasteiger partial charge in [0.15, 0.2) is 0 Å². The van der Waals surface area contributed by atoms with E-state index in [4.69, 9.17) is 14.2 Å². The van der Waals surface area contributed by atoms with Crippen LogP contribution in [0.2, 0.25) is 0 Å². The first kappa shape index (κ1) is 25.8. The van der Waals surface area contributed by atoms with Crippen molar-refractivity contribution in [3.05, 3.63) is 88.5 Å². The molecule has 0 amide bonds. The first-order chi connectivity index (χ1) is 16.7. The smallest absolute Gasteiger partial charge is 0.416 e. The van der Waals surface area contributed by atoms with Gasteiger partial charge in [-0.25, -0.2) is 9.59 Å². The first-order valence-corrected chi connectivity index (χ1v) is 11.0. The Balaban J connectivity index is 2.25. The third-order valence-electron chi connectivity index (χ3n) is 5.26. The average Bonchev–Trinajstić information content (AvgIpc) is 2.83. The molecular weight excluding hydrogens is 461 g/mol. The second-order valence-corrected chi connectivity index (χ2v) is 7.60. The van der Waals surface area contributed by atoms with E-state index in [2.05, 4.69) is 0 Å². The Hall–Kier alpha value is -3.81. The Bertz CT molecular complexity index is 1200. The fourth-order valence-corrected chi connectivity index (χ4v) is 3.71. The van der Waals surface area contributed by atoms with Crippen molar-refractivity contribution >= 4 is 11.9 Å². The minimum atomic E-state index is -4.50. The summed E-state index contributed by atoms with van der Waals surface area (Å²) in [4.78, 5) is 25.5. The van der Waals surface area contributed by atoms with Crippen LogP contribution in [0.1, 0.15) is 51.3 Å². The third kappa shape index (κ3) is 6.20. The first-order valence-electron chi connectivity index (χ1n) is 11.0. The van der Waals surface area contributed by atoms with Crippen molar-refractivity contribution < 1.29 is 37.0 Å². The Morgan fingerprint density at radius 1 is 0.857 bits per heavy atom. The summed E-state index contributed by atoms with van der Waals surface area (Å²) in [7, 11) is 1.53. The molecule has 0 atom stereocenters. The zero-order valence-electron chi connectivity index (χ0n) is 19.6. The number of ether oxygens (including phenoxy) is 3. The molecule has 3 aromatic rings. The van der Waals surface area contributed by atoms with Crippen LogP contribution in [0.5, 0.6) is 5.75 Å². The van der Waals surface area contributed by atoms with Gasteiger partial charge in [-0.05, 0) is 78.9 Å². The van der Waals surface area contributed by atoms with Crippen LogP contribution in [-0.4, -0.2) is 32.3 Å². The van der Waals surface area contributed by atoms with Crippen molar-refractivity contribution in [2.75, 3.05) is 20.3 Å². The van der Waals surface area contributed by atoms with Crippen LogP contribution in [0.25, 0.3) is 11.1 Å². The fraction of sp³-hybridized carbons (Fsp3) is 0.259. The normalized spacial score (nSPS) is 11.1. The Morgan fingerprint density at radius 3 is 2.11 bits per heavy atom. The van der Waals surface area contributed by atoms with Crippen LogP contribution in [0.4, 0.5) is 13.2 Å². The van der Waals surface area contributed by atoms with Gasteiger partial charge in [-0.3, -0.25) is 0 Å². The molecule has 0 N–H and O–H groups in total. The van der Waals surface area contributed by atoms with Crippen LogP contribution in [0.15, 0.2) is 60.7 Å². The lowest BCUT2D eigenvalue weighted by molar-refractivity contribution is -0.137. The summed E-state index contributed by atoms with van der Waals surface area (Å²) in [6, 6.07) is 14.7. The Kier molecular flexibility index (Phi) is 8.17. The molecule has 3 rings (SSSR count). The molecule has 0 radical (unpaired) electrons. The molecule has 0 saturated carbocycles. The fourth-order valence-electron chi connectivity index (χ4n) is 3.71. The minimum Gasteiger partial charge on any atom is -0.497 e. The van der Waals surface area contributed by atoms with E-state index in [1.54, 1.807) is 38.1 Å². The van der Waals surface area contributed by atoms with Crippen LogP contribution in [-0.2, 0) is 22.1 Å². The molecule has 0 aliphatic rings. The van der Waals surface area contributed by atoms with E-state index in [0.717, 1.165) is 17.7 Å². The Morgan fingerprint density at radius 2 is 1.51 bits per heavy atom. The number of hydrogen-bond acceptors (Lipinski definition) is 5. The third-order valence-corrected chi connectivity index (χ3v) is 5.26. The molecule has 0 bridgehead atoms. The van der Waals surface area contributed by atoms with Crippen molar-refractivity contribution in [1.82, 2.24) is 0 Å². The molecule has 0 aliphatic heterocycles. The van der Waals surface area contributed by atoms with Gasteiger partial charge in [0.2, 0.25) is 0 Å². The molecule has 3 aromatic carbocycles. The predicted octanol–water partition coefficient (Wildman–Crippen LogP) is 6.33. The summed E-state index contributed by atoms with van der Waals surface area (Å²) >= 11 is 0. The average molecular weight is 486 g/mol. The highest BCUT2D eigenvalue weighted by molar-refractivity contribution is 6.02. The van der Waals surface area contributed by atoms with Crippen LogP contribution >= 0.6 is 0 Å². The van der Waals surface area contributed by atoms with Gasteiger partial charge < -0.3 is 14.2 Å². The van der Waals surface area contributed by atoms with Gasteiger partial charge in [0.1, 0.15) is 5.75 Å². The van der Waals surface area contributed by atoms with Gasteiger partial charge in [-0.1, -0.05) is 24.3 Å². The number of hydrogen-bond donors (Lipinski definition) is 0. The van der Waals surface area contributed by atoms with Crippen molar-refractivity contribution in [3.8, 4) is 16.9 Å². The maximum Gasteiger partial charge on any atom is 0.416 e. The summed E-state index contributed by atoms with van der Waals surface area (Å²) < 4.78 is 55.1. The quantitative estimate of drug-likeness (QED) is 0.349. The number of alkyl halides is 3. The van der Waals surface area contributed by atoms with E-state index >= 15 is 0 Å². The number of esters is 2. The zero-order valence-corrected chi connectivity index (χ0v) is 19.6. The lowest BCUT2D eigenvalue weighted by Gasteiger charge is -2.18. The van der Waals surface area contributed by atoms with Crippen molar-refractivity contribution in [1.29, 1.82) is 0 Å². The van der Waals surface area contributed by atoms with E-state index < -0.39 is 23.7 Å². The molecule has 8 heteroatoms. The standard InChI is InChI=1S/C27H25F3O5/c1-4-34-25(31)20-15-19(13-17-7-6-8-22(14-17)33-3)24(23(16-20)26(32)35-5-2)18-9-11-21(12-10-18)27(28,29)30/h6-12,14-16H,4-5,13H2,1-3H3. The minimum absolute atomic E-state index is 0.0649. The summed E-state index contributed by atoms with van der Waals surface area (Å²) in [5.41, 5.74) is 1.53. The number of carbonyl (C=O) groups excluding carboxylic acids is 2. The predicted molar refractivity (Wildman–Crippen MR) is 125 cm³/mol. The molecule has 0 fully saturated rings. The number of methoxy groups -OCH3 is 1. The van der Waals surface area contributed by atoms with Gasteiger partial charge >= 0.3 is 18.1 Å². The molecule has 0 heterocycles. The highest BCUT2D eigenvalue weighted by Gasteiger charge is 2.30. The number of carbonyl (C=O) groups is 2. The molecule has 0 aliphatic carbocycles. The van der Waals surface area contributed by atoms with Crippen LogP contribution in [0, 0.1) is 0 Å². The molecular formula is C27H25F3O5. The Labute approximate surface area is 201 Å². The largest absolute Gasteiger partial charge is 0.497 e. The van der Waals surface area contributed by atoms with Gasteiger partial charge in [-0.2, -0.15) is 13.2 Å². The topological polar surface area (TPSA) is 61.8 Å². The zero-order chi connectivity index (χ0) is 25.6. The molecule has 0 saturated heterocycles. The second-order valence-electron chi connectivity index (χ2n) is 7.60. The lowest BCUT2D eigenvalue weighted by atomic mass is 9.88. The van der Waals surface area contributed by atoms with Gasteiger partial charge in [0, 0.05) is 0 Å². The monoisotopic (exact) mass is 486 g/mol. The second kappa shape index (κ2) is 11.1. The molecule has 35 heavy (non-hydrogen) atoms. The van der Waals surface area contributed by atoms with E-state index in [1.807, 2.05) is 6.07 Å². The molecule has 5 nitrogen and oxygen atoms in total. The SMILES string of the molecule is CCOC(=O)c1cc(Cc2cccc(OC)c2)c(-c2ccc(C(F)(F)F)cc2)c(C(=O)OCC)c1. The van der Waals surface area contributed by atoms with Gasteiger partial charge in [-0.15, -0.1) is 0 Å². The van der Waals surface area contributed by atoms with E-state index in [0.29, 0.717) is 22.4 Å². The highest BCUT2D eigenvalue weighted by Crippen LogP contribution is 2.35. The maximum atomic E-state index is 13.1. The van der Waals surface area contributed by atoms with Crippen LogP contribution in [0.3, 0.4) is 0 Å². The van der Waals surface area contributed by atoms with Gasteiger partial charge in [0.05, 0.1) is 37.0 Å². The lowest BCUT2D eigenvalue weighted by Crippen LogP contribution is -2.13. The number of rotatable bonds is 8. The van der Waals surface area contributed by atoms with Gasteiger partial charge in [0.25, 0.3) is 0 Å². The number of halogens is 3. The summed E-state index contributed by atoms with van der Waals surface area (Å²) in [6.45, 7) is 3.53. The summed E-state index contributed by atoms with van der Waals surface area (Å²) in [5, 5.41) is 0. The molecule has 184 valence electrons. The van der Waals surface area contributed by atoms with E-state index in [1.165, 1.54) is 25.3 Å². The van der Waals surface area contributed by atoms with Crippen LogP contribution < -0.4 is 4.74 Å². The van der Waals surface area contributed by atoms with Crippen molar-refractivity contribution in [2.24, 2.45) is 0 Å². The summed E-state index contributed by atoms with van der Waals surface area (Å²) in [5.74, 6) is -0.699. The summed E-state index contributed by atoms with van der Waals surface area (Å²) in [6.07, 6.45) is -4.23. The highest BCUT2D eigenvalue weighted by atomic mass is 19.4. The molecule has 0 unspecified atom stereocenters. The van der Waals surface area contributed by atoms with E-state index in [9.17, 15) is 22.8 Å². The number of benzene rings is 3. The van der Waals surface area contributed by atoms with E-state index in [-0.39, 0.29) is 30.8 Å². The van der Waals surface area contributed by atoms with Crippen molar-refractivity contribution in [3.63, 3.8) is 0 Å². The van der Waals surface area contributed by atoms with Crippen molar-refractivity contribution in [2.45, 2.75) is 26.4 Å². The molecule has 0 spiro atoms. The molecule has 0 aromatic heterocycles.